The molecule has 2 aromatic heterocycles. The third kappa shape index (κ3) is 3.94. The lowest BCUT2D eigenvalue weighted by atomic mass is 10.1. The minimum atomic E-state index is -1.03. The zero-order valence-electron chi connectivity index (χ0n) is 18.9. The van der Waals surface area contributed by atoms with Crippen LogP contribution in [0.1, 0.15) is 21.9 Å². The van der Waals surface area contributed by atoms with E-state index in [1.807, 2.05) is 22.8 Å². The van der Waals surface area contributed by atoms with Crippen LogP contribution in [0.2, 0.25) is 0 Å². The molecular formula is C26H18FN3O6. The van der Waals surface area contributed by atoms with Gasteiger partial charge in [-0.1, -0.05) is 30.3 Å². The van der Waals surface area contributed by atoms with Gasteiger partial charge in [-0.2, -0.15) is 0 Å². The Balaban J connectivity index is 1.54. The fourth-order valence-electron chi connectivity index (χ4n) is 4.03. The average Bonchev–Trinajstić information content (AvgIpc) is 3.47. The van der Waals surface area contributed by atoms with Crippen LogP contribution in [-0.4, -0.2) is 35.5 Å². The Bertz CT molecular complexity index is 1580. The number of hydrogen-bond donors (Lipinski definition) is 1. The molecule has 1 fully saturated rings. The van der Waals surface area contributed by atoms with E-state index in [9.17, 15) is 23.6 Å². The number of rotatable bonds is 5. The summed E-state index contributed by atoms with van der Waals surface area (Å²) in [5.74, 6) is -2.66. The number of esters is 1. The van der Waals surface area contributed by atoms with Crippen LogP contribution >= 0.6 is 0 Å². The van der Waals surface area contributed by atoms with Crippen molar-refractivity contribution in [2.45, 2.75) is 6.54 Å². The number of amides is 4. The molecule has 1 aliphatic heterocycles. The minimum Gasteiger partial charge on any atom is -0.463 e. The number of methoxy groups -OCH3 is 1. The normalized spacial score (nSPS) is 15.0. The van der Waals surface area contributed by atoms with Crippen LogP contribution in [0.25, 0.3) is 17.0 Å². The topological polar surface area (TPSA) is 111 Å². The number of hydrogen-bond acceptors (Lipinski definition) is 6. The van der Waals surface area contributed by atoms with Crippen molar-refractivity contribution < 1.29 is 32.7 Å². The maximum absolute atomic E-state index is 14.3. The number of carbonyl (C=O) groups excluding carboxylic acids is 4. The first-order valence-electron chi connectivity index (χ1n) is 10.8. The van der Waals surface area contributed by atoms with Gasteiger partial charge in [-0.3, -0.25) is 14.9 Å². The highest BCUT2D eigenvalue weighted by Crippen LogP contribution is 2.28. The number of para-hydroxylation sites is 2. The smallest absolute Gasteiger partial charge is 0.373 e. The molecule has 4 amide bonds. The van der Waals surface area contributed by atoms with Crippen molar-refractivity contribution in [3.05, 3.63) is 95.3 Å². The number of nitrogens with one attached hydrogen (secondary N) is 1. The summed E-state index contributed by atoms with van der Waals surface area (Å²) in [5, 5.41) is 2.82. The van der Waals surface area contributed by atoms with Crippen molar-refractivity contribution in [2.24, 2.45) is 0 Å². The molecule has 3 heterocycles. The van der Waals surface area contributed by atoms with E-state index in [-0.39, 0.29) is 23.6 Å². The summed E-state index contributed by atoms with van der Waals surface area (Å²) < 4.78 is 26.4. The third-order valence-corrected chi connectivity index (χ3v) is 5.69. The number of fused-ring (bicyclic) bond motifs is 1. The Labute approximate surface area is 203 Å². The lowest BCUT2D eigenvalue weighted by molar-refractivity contribution is -0.122. The number of imide groups is 2. The van der Waals surface area contributed by atoms with Crippen LogP contribution in [0.15, 0.2) is 76.9 Å². The third-order valence-electron chi connectivity index (χ3n) is 5.69. The fraction of sp³-hybridized carbons (Fsp3) is 0.0769. The molecule has 0 radical (unpaired) electrons. The number of ether oxygens (including phenoxy) is 1. The molecule has 5 rings (SSSR count). The van der Waals surface area contributed by atoms with E-state index < -0.39 is 29.6 Å². The molecule has 0 saturated carbocycles. The number of halogens is 1. The summed E-state index contributed by atoms with van der Waals surface area (Å²) in [6.07, 6.45) is 3.07. The summed E-state index contributed by atoms with van der Waals surface area (Å²) in [6, 6.07) is 14.7. The molecular weight excluding hydrogens is 469 g/mol. The van der Waals surface area contributed by atoms with E-state index in [2.05, 4.69) is 10.1 Å². The van der Waals surface area contributed by atoms with Gasteiger partial charge in [-0.15, -0.1) is 0 Å². The van der Waals surface area contributed by atoms with Crippen molar-refractivity contribution >= 4 is 46.5 Å². The second kappa shape index (κ2) is 8.99. The van der Waals surface area contributed by atoms with Crippen molar-refractivity contribution in [3.63, 3.8) is 0 Å². The Kier molecular flexibility index (Phi) is 5.69. The Hall–Kier alpha value is -4.99. The number of barbiturate groups is 1. The van der Waals surface area contributed by atoms with Crippen molar-refractivity contribution in [1.29, 1.82) is 0 Å². The number of aromatic nitrogens is 1. The molecule has 9 nitrogen and oxygen atoms in total. The van der Waals surface area contributed by atoms with Gasteiger partial charge in [0.25, 0.3) is 11.8 Å². The summed E-state index contributed by atoms with van der Waals surface area (Å²) in [6.45, 7) is 0.251. The van der Waals surface area contributed by atoms with Crippen LogP contribution < -0.4 is 10.2 Å². The molecule has 180 valence electrons. The number of anilines is 1. The molecule has 36 heavy (non-hydrogen) atoms. The molecule has 10 heteroatoms. The molecule has 1 aliphatic rings. The number of urea groups is 1. The standard InChI is InChI=1S/C26H18FN3O6/c1-35-25(33)22-11-10-16(36-22)14-29-13-15(17-6-2-4-8-20(17)29)12-18-23(31)28-26(34)30(24(18)32)21-9-5-3-7-19(21)27/h2-13H,14H2,1H3,(H,28,31,34)/b18-12+. The lowest BCUT2D eigenvalue weighted by Crippen LogP contribution is -2.54. The number of nitrogens with zero attached hydrogens (tertiary/aromatic N) is 2. The molecule has 0 unspecified atom stereocenters. The summed E-state index contributed by atoms with van der Waals surface area (Å²) in [7, 11) is 1.26. The first-order valence-corrected chi connectivity index (χ1v) is 10.8. The van der Waals surface area contributed by atoms with Gasteiger partial charge in [-0.25, -0.2) is 18.9 Å². The highest BCUT2D eigenvalue weighted by molar-refractivity contribution is 6.39. The predicted octanol–water partition coefficient (Wildman–Crippen LogP) is 3.87. The van der Waals surface area contributed by atoms with E-state index in [1.54, 1.807) is 18.3 Å². The maximum atomic E-state index is 14.3. The summed E-state index contributed by atoms with van der Waals surface area (Å²) in [4.78, 5) is 50.5. The molecule has 1 N–H and O–H groups in total. The molecule has 0 bridgehead atoms. The monoisotopic (exact) mass is 487 g/mol. The van der Waals surface area contributed by atoms with Gasteiger partial charge in [0.05, 0.1) is 19.3 Å². The van der Waals surface area contributed by atoms with Crippen molar-refractivity contribution in [1.82, 2.24) is 9.88 Å². The van der Waals surface area contributed by atoms with Crippen molar-refractivity contribution in [3.8, 4) is 0 Å². The number of carbonyl (C=O) groups is 4. The van der Waals surface area contributed by atoms with Crippen LogP contribution in [0.5, 0.6) is 0 Å². The molecule has 1 saturated heterocycles. The Morgan fingerprint density at radius 2 is 1.81 bits per heavy atom. The van der Waals surface area contributed by atoms with Crippen LogP contribution in [0.4, 0.5) is 14.9 Å². The zero-order valence-corrected chi connectivity index (χ0v) is 18.9. The predicted molar refractivity (Wildman–Crippen MR) is 126 cm³/mol. The van der Waals surface area contributed by atoms with Gasteiger partial charge in [-0.05, 0) is 36.4 Å². The molecule has 4 aromatic rings. The van der Waals surface area contributed by atoms with Crippen LogP contribution in [-0.2, 0) is 20.9 Å². The van der Waals surface area contributed by atoms with Crippen molar-refractivity contribution in [2.75, 3.05) is 12.0 Å². The summed E-state index contributed by atoms with van der Waals surface area (Å²) in [5.41, 5.74) is 0.699. The van der Waals surface area contributed by atoms with Gasteiger partial charge < -0.3 is 13.7 Å². The maximum Gasteiger partial charge on any atom is 0.373 e. The second-order valence-corrected chi connectivity index (χ2v) is 7.90. The quantitative estimate of drug-likeness (QED) is 0.260. The fourth-order valence-corrected chi connectivity index (χ4v) is 4.03. The van der Waals surface area contributed by atoms with Crippen LogP contribution in [0.3, 0.4) is 0 Å². The SMILES string of the molecule is COC(=O)c1ccc(Cn2cc(/C=C3\C(=O)NC(=O)N(c4ccccc4F)C3=O)c3ccccc32)o1. The molecule has 0 atom stereocenters. The van der Waals surface area contributed by atoms with Crippen LogP contribution in [0, 0.1) is 5.82 Å². The highest BCUT2D eigenvalue weighted by atomic mass is 19.1. The number of furan rings is 1. The van der Waals surface area contributed by atoms with E-state index >= 15 is 0 Å². The van der Waals surface area contributed by atoms with Gasteiger partial charge >= 0.3 is 12.0 Å². The Morgan fingerprint density at radius 1 is 1.06 bits per heavy atom. The lowest BCUT2D eigenvalue weighted by Gasteiger charge is -2.26. The molecule has 2 aromatic carbocycles. The van der Waals surface area contributed by atoms with Gasteiger partial charge in [0.1, 0.15) is 17.2 Å². The number of benzene rings is 2. The Morgan fingerprint density at radius 3 is 2.58 bits per heavy atom. The van der Waals surface area contributed by atoms with E-state index in [0.29, 0.717) is 16.2 Å². The van der Waals surface area contributed by atoms with E-state index in [1.165, 1.54) is 37.5 Å². The first kappa shape index (κ1) is 22.8. The minimum absolute atomic E-state index is 0.0636. The molecule has 0 aliphatic carbocycles. The zero-order chi connectivity index (χ0) is 25.4. The van der Waals surface area contributed by atoms with Gasteiger partial charge in [0, 0.05) is 22.7 Å². The highest BCUT2D eigenvalue weighted by Gasteiger charge is 2.38. The second-order valence-electron chi connectivity index (χ2n) is 7.90. The molecule has 0 spiro atoms. The van der Waals surface area contributed by atoms with Gasteiger partial charge in [0.2, 0.25) is 5.76 Å². The average molecular weight is 487 g/mol. The largest absolute Gasteiger partial charge is 0.463 e. The van der Waals surface area contributed by atoms with Gasteiger partial charge in [0.15, 0.2) is 0 Å². The first-order chi connectivity index (χ1) is 17.4. The summed E-state index contributed by atoms with van der Waals surface area (Å²) >= 11 is 0. The van der Waals surface area contributed by atoms with E-state index in [4.69, 9.17) is 4.42 Å². The van der Waals surface area contributed by atoms with E-state index in [0.717, 1.165) is 17.0 Å².